The van der Waals surface area contributed by atoms with Crippen LogP contribution in [0.15, 0.2) is 12.4 Å². The van der Waals surface area contributed by atoms with E-state index in [1.807, 2.05) is 0 Å². The van der Waals surface area contributed by atoms with Crippen molar-refractivity contribution in [1.29, 1.82) is 5.41 Å². The minimum atomic E-state index is -0.0698. The van der Waals surface area contributed by atoms with Crippen LogP contribution in [-0.4, -0.2) is 40.1 Å². The van der Waals surface area contributed by atoms with E-state index in [1.54, 1.807) is 6.20 Å². The number of anilines is 1. The van der Waals surface area contributed by atoms with Crippen LogP contribution in [0.4, 0.5) is 5.82 Å². The van der Waals surface area contributed by atoms with Crippen LogP contribution in [0.3, 0.4) is 0 Å². The van der Waals surface area contributed by atoms with Crippen LogP contribution in [0.2, 0.25) is 0 Å². The maximum Gasteiger partial charge on any atom is 0.147 e. The third-order valence-corrected chi connectivity index (χ3v) is 3.28. The first-order chi connectivity index (χ1) is 8.72. The fraction of sp³-hybridized carbons (Fsp3) is 0.583. The number of nitrogen functional groups attached to an aromatic ring is 1. The zero-order valence-corrected chi connectivity index (χ0v) is 10.3. The van der Waals surface area contributed by atoms with Crippen LogP contribution >= 0.6 is 0 Å². The molecule has 0 saturated heterocycles. The Morgan fingerprint density at radius 1 is 1.44 bits per heavy atom. The maximum atomic E-state index is 8.94. The summed E-state index contributed by atoms with van der Waals surface area (Å²) in [6.45, 7) is 0.970. The number of aliphatic hydroxyl groups is 1. The van der Waals surface area contributed by atoms with Crippen molar-refractivity contribution < 1.29 is 5.11 Å². The Kier molecular flexibility index (Phi) is 4.09. The number of nitrogens with one attached hydrogen (secondary N) is 1. The van der Waals surface area contributed by atoms with Gasteiger partial charge in [-0.3, -0.25) is 5.41 Å². The second-order valence-electron chi connectivity index (χ2n) is 4.53. The topological polar surface area (TPSA) is 99.1 Å². The summed E-state index contributed by atoms with van der Waals surface area (Å²) in [5, 5.41) is 16.2. The molecular formula is C12H19N5O. The van der Waals surface area contributed by atoms with Gasteiger partial charge >= 0.3 is 0 Å². The molecule has 1 heterocycles. The second kappa shape index (κ2) is 5.77. The molecule has 1 fully saturated rings. The number of hydrogen-bond donors (Lipinski definition) is 3. The standard InChI is InChI=1S/C12H19N5O/c13-12(14)10-7-16-11(8-15-10)17(5-2-6-18)9-3-1-4-9/h7-9,18H,1-6H2,(H3,13,14). The maximum absolute atomic E-state index is 8.94. The summed E-state index contributed by atoms with van der Waals surface area (Å²) in [5.41, 5.74) is 5.75. The van der Waals surface area contributed by atoms with Crippen molar-refractivity contribution >= 4 is 11.7 Å². The molecule has 2 rings (SSSR count). The van der Waals surface area contributed by atoms with Crippen LogP contribution in [-0.2, 0) is 0 Å². The van der Waals surface area contributed by atoms with Gasteiger partial charge in [0.1, 0.15) is 17.3 Å². The molecule has 0 atom stereocenters. The highest BCUT2D eigenvalue weighted by molar-refractivity contribution is 5.92. The summed E-state index contributed by atoms with van der Waals surface area (Å²) in [6, 6.07) is 0.508. The van der Waals surface area contributed by atoms with Crippen molar-refractivity contribution in [2.24, 2.45) is 5.73 Å². The molecule has 1 aromatic rings. The average Bonchev–Trinajstić information content (AvgIpc) is 2.32. The van der Waals surface area contributed by atoms with Gasteiger partial charge in [0.05, 0.1) is 12.4 Å². The normalized spacial score (nSPS) is 15.2. The number of nitrogens with two attached hydrogens (primary N) is 1. The molecule has 0 spiro atoms. The lowest BCUT2D eigenvalue weighted by atomic mass is 9.91. The van der Waals surface area contributed by atoms with Crippen molar-refractivity contribution in [3.63, 3.8) is 0 Å². The average molecular weight is 249 g/mol. The molecule has 6 heteroatoms. The summed E-state index contributed by atoms with van der Waals surface area (Å²) in [4.78, 5) is 10.6. The zero-order valence-electron chi connectivity index (χ0n) is 10.3. The van der Waals surface area contributed by atoms with Crippen LogP contribution in [0.1, 0.15) is 31.4 Å². The number of nitrogens with zero attached hydrogens (tertiary/aromatic N) is 3. The minimum absolute atomic E-state index is 0.0698. The first kappa shape index (κ1) is 12.8. The van der Waals surface area contributed by atoms with E-state index in [9.17, 15) is 0 Å². The molecule has 4 N–H and O–H groups in total. The minimum Gasteiger partial charge on any atom is -0.396 e. The number of rotatable bonds is 6. The fourth-order valence-electron chi connectivity index (χ4n) is 2.03. The molecule has 1 aliphatic carbocycles. The van der Waals surface area contributed by atoms with Crippen LogP contribution in [0, 0.1) is 5.41 Å². The van der Waals surface area contributed by atoms with E-state index in [4.69, 9.17) is 16.2 Å². The van der Waals surface area contributed by atoms with Gasteiger partial charge in [0.15, 0.2) is 0 Å². The number of aliphatic hydroxyl groups excluding tert-OH is 1. The summed E-state index contributed by atoms with van der Waals surface area (Å²) < 4.78 is 0. The van der Waals surface area contributed by atoms with E-state index in [2.05, 4.69) is 14.9 Å². The van der Waals surface area contributed by atoms with Gasteiger partial charge in [-0.2, -0.15) is 0 Å². The van der Waals surface area contributed by atoms with E-state index in [0.717, 1.165) is 18.8 Å². The summed E-state index contributed by atoms with van der Waals surface area (Å²) in [7, 11) is 0. The first-order valence-corrected chi connectivity index (χ1v) is 6.26. The molecule has 1 saturated carbocycles. The highest BCUT2D eigenvalue weighted by Gasteiger charge is 2.25. The summed E-state index contributed by atoms with van der Waals surface area (Å²) >= 11 is 0. The molecular weight excluding hydrogens is 230 g/mol. The molecule has 0 aliphatic heterocycles. The smallest absolute Gasteiger partial charge is 0.147 e. The molecule has 6 nitrogen and oxygen atoms in total. The monoisotopic (exact) mass is 249 g/mol. The van der Waals surface area contributed by atoms with Crippen molar-refractivity contribution in [2.75, 3.05) is 18.1 Å². The predicted molar refractivity (Wildman–Crippen MR) is 69.7 cm³/mol. The molecule has 1 aliphatic rings. The van der Waals surface area contributed by atoms with Gasteiger partial charge in [-0.1, -0.05) is 0 Å². The van der Waals surface area contributed by atoms with E-state index in [0.29, 0.717) is 11.7 Å². The largest absolute Gasteiger partial charge is 0.396 e. The lowest BCUT2D eigenvalue weighted by Crippen LogP contribution is -2.41. The number of hydrogen-bond acceptors (Lipinski definition) is 5. The molecule has 0 bridgehead atoms. The van der Waals surface area contributed by atoms with Gasteiger partial charge in [-0.15, -0.1) is 0 Å². The van der Waals surface area contributed by atoms with Gasteiger partial charge in [0.2, 0.25) is 0 Å². The summed E-state index contributed by atoms with van der Waals surface area (Å²) in [6.07, 6.45) is 7.50. The van der Waals surface area contributed by atoms with E-state index < -0.39 is 0 Å². The molecule has 1 aromatic heterocycles. The molecule has 0 aromatic carbocycles. The van der Waals surface area contributed by atoms with Gasteiger partial charge in [0.25, 0.3) is 0 Å². The SMILES string of the molecule is N=C(N)c1cnc(N(CCCO)C2CCC2)cn1. The van der Waals surface area contributed by atoms with Crippen molar-refractivity contribution in [1.82, 2.24) is 9.97 Å². The van der Waals surface area contributed by atoms with E-state index in [1.165, 1.54) is 25.5 Å². The predicted octanol–water partition coefficient (Wildman–Crippen LogP) is 0.502. The van der Waals surface area contributed by atoms with Crippen LogP contribution < -0.4 is 10.6 Å². The molecule has 98 valence electrons. The Bertz CT molecular complexity index is 401. The van der Waals surface area contributed by atoms with Crippen molar-refractivity contribution in [3.05, 3.63) is 18.1 Å². The quantitative estimate of drug-likeness (QED) is 0.503. The lowest BCUT2D eigenvalue weighted by molar-refractivity contribution is 0.282. The highest BCUT2D eigenvalue weighted by Crippen LogP contribution is 2.28. The van der Waals surface area contributed by atoms with Crippen molar-refractivity contribution in [2.45, 2.75) is 31.7 Å². The lowest BCUT2D eigenvalue weighted by Gasteiger charge is -2.38. The van der Waals surface area contributed by atoms with Crippen LogP contribution in [0.25, 0.3) is 0 Å². The Morgan fingerprint density at radius 2 is 2.22 bits per heavy atom. The molecule has 0 amide bonds. The highest BCUT2D eigenvalue weighted by atomic mass is 16.3. The fourth-order valence-corrected chi connectivity index (χ4v) is 2.03. The third kappa shape index (κ3) is 2.76. The number of amidine groups is 1. The van der Waals surface area contributed by atoms with Crippen LogP contribution in [0.5, 0.6) is 0 Å². The second-order valence-corrected chi connectivity index (χ2v) is 4.53. The molecule has 0 radical (unpaired) electrons. The zero-order chi connectivity index (χ0) is 13.0. The Labute approximate surface area is 106 Å². The van der Waals surface area contributed by atoms with Gasteiger partial charge in [0, 0.05) is 19.2 Å². The Balaban J connectivity index is 2.11. The number of aromatic nitrogens is 2. The third-order valence-electron chi connectivity index (χ3n) is 3.28. The Morgan fingerprint density at radius 3 is 2.67 bits per heavy atom. The molecule has 18 heavy (non-hydrogen) atoms. The van der Waals surface area contributed by atoms with Gasteiger partial charge < -0.3 is 15.7 Å². The van der Waals surface area contributed by atoms with E-state index >= 15 is 0 Å². The van der Waals surface area contributed by atoms with Gasteiger partial charge in [-0.05, 0) is 25.7 Å². The van der Waals surface area contributed by atoms with E-state index in [-0.39, 0.29) is 12.4 Å². The first-order valence-electron chi connectivity index (χ1n) is 6.26. The van der Waals surface area contributed by atoms with Crippen molar-refractivity contribution in [3.8, 4) is 0 Å². The van der Waals surface area contributed by atoms with Gasteiger partial charge in [-0.25, -0.2) is 9.97 Å². The summed E-state index contributed by atoms with van der Waals surface area (Å²) in [5.74, 6) is 0.734. The molecule has 0 unspecified atom stereocenters. The Hall–Kier alpha value is -1.69.